The predicted molar refractivity (Wildman–Crippen MR) is 70.0 cm³/mol. The average Bonchev–Trinajstić information content (AvgIpc) is 2.78. The first-order chi connectivity index (χ1) is 9.10. The zero-order chi connectivity index (χ0) is 13.8. The van der Waals surface area contributed by atoms with Gasteiger partial charge in [-0.15, -0.1) is 0 Å². The largest absolute Gasteiger partial charge is 0.365 e. The van der Waals surface area contributed by atoms with Gasteiger partial charge in [0.1, 0.15) is 6.67 Å². The Labute approximate surface area is 108 Å². The monoisotopic (exact) mass is 262 g/mol. The van der Waals surface area contributed by atoms with Crippen LogP contribution in [0.1, 0.15) is 6.92 Å². The number of hydrogen-bond donors (Lipinski definition) is 3. The SMILES string of the molecule is CC(=O)NCn1cc(-c2ccc(NN)cc2)c(=O)o1. The number of hydrazine groups is 1. The van der Waals surface area contributed by atoms with Crippen LogP contribution in [0, 0.1) is 0 Å². The predicted octanol–water partition coefficient (Wildman–Crippen LogP) is 0.487. The van der Waals surface area contributed by atoms with E-state index in [0.717, 1.165) is 5.69 Å². The van der Waals surface area contributed by atoms with Crippen LogP contribution in [-0.4, -0.2) is 10.6 Å². The lowest BCUT2D eigenvalue weighted by Gasteiger charge is -2.01. The molecule has 1 aromatic carbocycles. The van der Waals surface area contributed by atoms with E-state index in [0.29, 0.717) is 11.1 Å². The van der Waals surface area contributed by atoms with Crippen LogP contribution in [0.15, 0.2) is 39.8 Å². The van der Waals surface area contributed by atoms with Gasteiger partial charge >= 0.3 is 5.63 Å². The molecule has 0 bridgehead atoms. The molecule has 0 saturated carbocycles. The Hall–Kier alpha value is -2.54. The third kappa shape index (κ3) is 3.02. The van der Waals surface area contributed by atoms with Gasteiger partial charge in [-0.1, -0.05) is 12.1 Å². The summed E-state index contributed by atoms with van der Waals surface area (Å²) in [5.74, 6) is 5.07. The summed E-state index contributed by atoms with van der Waals surface area (Å²) in [6.07, 6.45) is 1.54. The number of amides is 1. The smallest absolute Gasteiger partial charge is 0.336 e. The molecular weight excluding hydrogens is 248 g/mol. The van der Waals surface area contributed by atoms with E-state index in [2.05, 4.69) is 10.7 Å². The quantitative estimate of drug-likeness (QED) is 0.549. The van der Waals surface area contributed by atoms with Crippen LogP contribution < -0.4 is 22.2 Å². The molecule has 1 amide bonds. The minimum absolute atomic E-state index is 0.118. The Balaban J connectivity index is 2.24. The van der Waals surface area contributed by atoms with Gasteiger partial charge in [0.05, 0.1) is 11.8 Å². The minimum atomic E-state index is -0.459. The molecule has 2 rings (SSSR count). The van der Waals surface area contributed by atoms with Crippen molar-refractivity contribution in [1.82, 2.24) is 10.1 Å². The molecule has 0 aliphatic rings. The van der Waals surface area contributed by atoms with E-state index < -0.39 is 5.63 Å². The number of nitrogens with two attached hydrogens (primary N) is 1. The van der Waals surface area contributed by atoms with Crippen LogP contribution in [0.5, 0.6) is 0 Å². The number of carbonyl (C=O) groups is 1. The zero-order valence-electron chi connectivity index (χ0n) is 10.3. The number of hydrogen-bond acceptors (Lipinski definition) is 5. The van der Waals surface area contributed by atoms with E-state index in [4.69, 9.17) is 10.4 Å². The lowest BCUT2D eigenvalue weighted by atomic mass is 10.1. The van der Waals surface area contributed by atoms with Gasteiger partial charge in [0, 0.05) is 12.6 Å². The fourth-order valence-electron chi connectivity index (χ4n) is 1.58. The summed E-state index contributed by atoms with van der Waals surface area (Å²) in [7, 11) is 0. The molecule has 0 unspecified atom stereocenters. The third-order valence-corrected chi connectivity index (χ3v) is 2.54. The van der Waals surface area contributed by atoms with E-state index in [1.807, 2.05) is 0 Å². The highest BCUT2D eigenvalue weighted by Crippen LogP contribution is 2.18. The maximum absolute atomic E-state index is 11.7. The Morgan fingerprint density at radius 3 is 2.63 bits per heavy atom. The summed E-state index contributed by atoms with van der Waals surface area (Å²) in [6.45, 7) is 1.51. The summed E-state index contributed by atoms with van der Waals surface area (Å²) >= 11 is 0. The lowest BCUT2D eigenvalue weighted by molar-refractivity contribution is -0.119. The molecule has 1 aromatic heterocycles. The summed E-state index contributed by atoms with van der Waals surface area (Å²) in [6, 6.07) is 7.01. The number of nitrogens with one attached hydrogen (secondary N) is 2. The van der Waals surface area contributed by atoms with Crippen molar-refractivity contribution in [2.75, 3.05) is 5.43 Å². The summed E-state index contributed by atoms with van der Waals surface area (Å²) in [5.41, 5.74) is 3.93. The zero-order valence-corrected chi connectivity index (χ0v) is 10.3. The maximum Gasteiger partial charge on any atom is 0.365 e. The molecule has 19 heavy (non-hydrogen) atoms. The first kappa shape index (κ1) is 12.9. The number of rotatable bonds is 4. The molecule has 0 radical (unpaired) electrons. The topological polar surface area (TPSA) is 102 Å². The van der Waals surface area contributed by atoms with Crippen LogP contribution in [0.25, 0.3) is 11.1 Å². The second-order valence-electron chi connectivity index (χ2n) is 3.95. The van der Waals surface area contributed by atoms with Crippen molar-refractivity contribution in [1.29, 1.82) is 0 Å². The number of carbonyl (C=O) groups excluding carboxylic acids is 1. The maximum atomic E-state index is 11.7. The molecule has 0 atom stereocenters. The molecule has 0 fully saturated rings. The van der Waals surface area contributed by atoms with Gasteiger partial charge in [0.2, 0.25) is 5.91 Å². The molecule has 4 N–H and O–H groups in total. The number of benzene rings is 1. The molecule has 7 nitrogen and oxygen atoms in total. The highest BCUT2D eigenvalue weighted by atomic mass is 16.5. The molecule has 0 saturated heterocycles. The highest BCUT2D eigenvalue weighted by molar-refractivity contribution is 5.72. The molecule has 0 aliphatic carbocycles. The molecule has 1 heterocycles. The summed E-state index contributed by atoms with van der Waals surface area (Å²) in [4.78, 5) is 22.5. The van der Waals surface area contributed by atoms with Gasteiger partial charge in [-0.05, 0) is 17.7 Å². The van der Waals surface area contributed by atoms with Crippen LogP contribution in [0.3, 0.4) is 0 Å². The van der Waals surface area contributed by atoms with E-state index >= 15 is 0 Å². The normalized spacial score (nSPS) is 10.2. The van der Waals surface area contributed by atoms with Crippen molar-refractivity contribution in [3.63, 3.8) is 0 Å². The number of aromatic nitrogens is 1. The second-order valence-corrected chi connectivity index (χ2v) is 3.95. The Morgan fingerprint density at radius 1 is 1.37 bits per heavy atom. The van der Waals surface area contributed by atoms with Crippen LogP contribution >= 0.6 is 0 Å². The van der Waals surface area contributed by atoms with E-state index in [9.17, 15) is 9.59 Å². The van der Waals surface area contributed by atoms with Gasteiger partial charge in [-0.2, -0.15) is 4.74 Å². The van der Waals surface area contributed by atoms with E-state index in [1.54, 1.807) is 30.5 Å². The van der Waals surface area contributed by atoms with Crippen molar-refractivity contribution < 1.29 is 9.32 Å². The highest BCUT2D eigenvalue weighted by Gasteiger charge is 2.09. The Kier molecular flexibility index (Phi) is 3.67. The van der Waals surface area contributed by atoms with Crippen molar-refractivity contribution >= 4 is 11.6 Å². The standard InChI is InChI=1S/C12H14N4O3/c1-8(17)14-7-16-6-11(12(18)19-16)9-2-4-10(15-13)5-3-9/h2-6,15H,7,13H2,1H3,(H,14,17). The number of nitrogens with zero attached hydrogens (tertiary/aromatic N) is 1. The van der Waals surface area contributed by atoms with Crippen LogP contribution in [0.4, 0.5) is 5.69 Å². The average molecular weight is 262 g/mol. The Morgan fingerprint density at radius 2 is 2.05 bits per heavy atom. The molecular formula is C12H14N4O3. The van der Waals surface area contributed by atoms with Gasteiger partial charge < -0.3 is 15.3 Å². The fourth-order valence-corrected chi connectivity index (χ4v) is 1.58. The fraction of sp³-hybridized carbons (Fsp3) is 0.167. The molecule has 2 aromatic rings. The molecule has 100 valence electrons. The first-order valence-corrected chi connectivity index (χ1v) is 5.62. The van der Waals surface area contributed by atoms with Gasteiger partial charge in [0.15, 0.2) is 0 Å². The van der Waals surface area contributed by atoms with Crippen LogP contribution in [-0.2, 0) is 11.5 Å². The van der Waals surface area contributed by atoms with Crippen molar-refractivity contribution in [2.24, 2.45) is 5.84 Å². The second kappa shape index (κ2) is 5.40. The van der Waals surface area contributed by atoms with Crippen molar-refractivity contribution in [3.05, 3.63) is 40.9 Å². The number of nitrogen functional groups attached to an aromatic ring is 1. The van der Waals surface area contributed by atoms with Gasteiger partial charge in [0.25, 0.3) is 0 Å². The molecule has 0 aliphatic heterocycles. The van der Waals surface area contributed by atoms with Crippen molar-refractivity contribution in [2.45, 2.75) is 13.6 Å². The summed E-state index contributed by atoms with van der Waals surface area (Å²) < 4.78 is 6.25. The first-order valence-electron chi connectivity index (χ1n) is 5.62. The number of anilines is 1. The minimum Gasteiger partial charge on any atom is -0.336 e. The molecule has 7 heteroatoms. The van der Waals surface area contributed by atoms with Crippen LogP contribution in [0.2, 0.25) is 0 Å². The summed E-state index contributed by atoms with van der Waals surface area (Å²) in [5, 5.41) is 2.54. The Bertz CT molecular complexity index is 627. The van der Waals surface area contributed by atoms with Gasteiger partial charge in [-0.3, -0.25) is 10.6 Å². The van der Waals surface area contributed by atoms with E-state index in [-0.39, 0.29) is 12.6 Å². The molecule has 0 spiro atoms. The van der Waals surface area contributed by atoms with Gasteiger partial charge in [-0.25, -0.2) is 4.79 Å². The lowest BCUT2D eigenvalue weighted by Crippen LogP contribution is -2.22. The van der Waals surface area contributed by atoms with E-state index in [1.165, 1.54) is 11.7 Å². The van der Waals surface area contributed by atoms with Crippen molar-refractivity contribution in [3.8, 4) is 11.1 Å². The third-order valence-electron chi connectivity index (χ3n) is 2.54.